The Morgan fingerprint density at radius 2 is 1.88 bits per heavy atom. The fourth-order valence-corrected chi connectivity index (χ4v) is 5.73. The van der Waals surface area contributed by atoms with Crippen LogP contribution in [0, 0.1) is 5.82 Å². The van der Waals surface area contributed by atoms with E-state index in [1.807, 2.05) is 42.1 Å². The molecule has 0 spiro atoms. The van der Waals surface area contributed by atoms with Gasteiger partial charge in [-0.3, -0.25) is 4.90 Å². The summed E-state index contributed by atoms with van der Waals surface area (Å²) in [5.41, 5.74) is 3.23. The van der Waals surface area contributed by atoms with Crippen molar-refractivity contribution in [3.63, 3.8) is 0 Å². The van der Waals surface area contributed by atoms with Crippen LogP contribution in [-0.2, 0) is 6.61 Å². The minimum Gasteiger partial charge on any atom is -0.487 e. The maximum atomic E-state index is 13.5. The highest BCUT2D eigenvalue weighted by atomic mass is 35.5. The first-order valence-electron chi connectivity index (χ1n) is 13.5. The van der Waals surface area contributed by atoms with E-state index in [0.29, 0.717) is 16.6 Å². The third-order valence-corrected chi connectivity index (χ3v) is 7.88. The summed E-state index contributed by atoms with van der Waals surface area (Å²) in [6.07, 6.45) is 3.66. The number of fused-ring (bicyclic) bond motifs is 1. The number of thioether (sulfide) groups is 1. The summed E-state index contributed by atoms with van der Waals surface area (Å²) < 4.78 is 25.7. The third-order valence-electron chi connectivity index (χ3n) is 6.93. The molecule has 0 saturated heterocycles. The van der Waals surface area contributed by atoms with Crippen molar-refractivity contribution in [2.45, 2.75) is 26.5 Å². The standard InChI is InChI=1S/C32H32ClFN4O2S/c1-4-38(5-2)28(19-41-3)31-14-13-29(40-31)22-9-11-27-25(16-22)32(36-20-35-27)37-24-10-12-30(26(33)17-24)39-18-21-7-6-8-23(34)15-21/h6-17,20,28H,4-5,18-19H2,1-3H3,(H,35,36,37)/t28-/m1/s1. The Kier molecular flexibility index (Phi) is 9.44. The molecule has 5 rings (SSSR count). The number of halogens is 2. The summed E-state index contributed by atoms with van der Waals surface area (Å²) in [4.78, 5) is 11.4. The molecule has 5 aromatic rings. The molecule has 3 aromatic carbocycles. The number of furan rings is 1. The van der Waals surface area contributed by atoms with Crippen LogP contribution in [0.4, 0.5) is 15.9 Å². The SMILES string of the molecule is CCN(CC)[C@H](CSC)c1ccc(-c2ccc3ncnc(Nc4ccc(OCc5cccc(F)c5)c(Cl)c4)c3c2)o1. The van der Waals surface area contributed by atoms with Crippen LogP contribution < -0.4 is 10.1 Å². The highest BCUT2D eigenvalue weighted by molar-refractivity contribution is 7.98. The van der Waals surface area contributed by atoms with Gasteiger partial charge in [-0.1, -0.05) is 37.6 Å². The lowest BCUT2D eigenvalue weighted by Gasteiger charge is -2.27. The second kappa shape index (κ2) is 13.4. The molecule has 1 atom stereocenters. The van der Waals surface area contributed by atoms with E-state index in [0.717, 1.165) is 58.1 Å². The van der Waals surface area contributed by atoms with E-state index < -0.39 is 0 Å². The molecule has 0 aliphatic heterocycles. The van der Waals surface area contributed by atoms with E-state index >= 15 is 0 Å². The molecule has 0 fully saturated rings. The van der Waals surface area contributed by atoms with Crippen molar-refractivity contribution >= 4 is 45.8 Å². The maximum Gasteiger partial charge on any atom is 0.141 e. The molecule has 9 heteroatoms. The lowest BCUT2D eigenvalue weighted by atomic mass is 10.1. The minimum absolute atomic E-state index is 0.213. The van der Waals surface area contributed by atoms with Crippen molar-refractivity contribution in [2.75, 3.05) is 30.4 Å². The summed E-state index contributed by atoms with van der Waals surface area (Å²) in [7, 11) is 0. The van der Waals surface area contributed by atoms with Crippen molar-refractivity contribution in [1.82, 2.24) is 14.9 Å². The van der Waals surface area contributed by atoms with Gasteiger partial charge in [0.15, 0.2) is 0 Å². The van der Waals surface area contributed by atoms with Crippen LogP contribution in [0.25, 0.3) is 22.2 Å². The fraction of sp³-hybridized carbons (Fsp3) is 0.250. The second-order valence-corrected chi connectivity index (χ2v) is 10.9. The first kappa shape index (κ1) is 28.9. The Bertz CT molecular complexity index is 1620. The van der Waals surface area contributed by atoms with Gasteiger partial charge in [0, 0.05) is 22.4 Å². The van der Waals surface area contributed by atoms with Crippen molar-refractivity contribution in [2.24, 2.45) is 0 Å². The summed E-state index contributed by atoms with van der Waals surface area (Å²) in [5.74, 6) is 3.59. The highest BCUT2D eigenvalue weighted by Crippen LogP contribution is 2.34. The molecule has 41 heavy (non-hydrogen) atoms. The Morgan fingerprint density at radius 1 is 1.02 bits per heavy atom. The number of benzene rings is 3. The predicted molar refractivity (Wildman–Crippen MR) is 167 cm³/mol. The summed E-state index contributed by atoms with van der Waals surface area (Å²) in [5, 5.41) is 4.65. The Morgan fingerprint density at radius 3 is 2.63 bits per heavy atom. The van der Waals surface area contributed by atoms with Gasteiger partial charge in [-0.05, 0) is 85.6 Å². The predicted octanol–water partition coefficient (Wildman–Crippen LogP) is 8.75. The van der Waals surface area contributed by atoms with Crippen LogP contribution in [0.15, 0.2) is 83.5 Å². The topological polar surface area (TPSA) is 63.4 Å². The monoisotopic (exact) mass is 590 g/mol. The first-order valence-corrected chi connectivity index (χ1v) is 15.3. The number of nitrogens with one attached hydrogen (secondary N) is 1. The molecule has 0 aliphatic carbocycles. The van der Waals surface area contributed by atoms with Crippen LogP contribution in [0.3, 0.4) is 0 Å². The second-order valence-electron chi connectivity index (χ2n) is 9.54. The highest BCUT2D eigenvalue weighted by Gasteiger charge is 2.21. The number of hydrogen-bond acceptors (Lipinski definition) is 7. The lowest BCUT2D eigenvalue weighted by molar-refractivity contribution is 0.212. The molecular weight excluding hydrogens is 559 g/mol. The van der Waals surface area contributed by atoms with E-state index in [2.05, 4.69) is 46.4 Å². The number of ether oxygens (including phenoxy) is 1. The molecule has 6 nitrogen and oxygen atoms in total. The van der Waals surface area contributed by atoms with E-state index in [1.54, 1.807) is 24.3 Å². The van der Waals surface area contributed by atoms with Gasteiger partial charge < -0.3 is 14.5 Å². The summed E-state index contributed by atoms with van der Waals surface area (Å²) >= 11 is 8.34. The van der Waals surface area contributed by atoms with Crippen LogP contribution in [0.1, 0.15) is 31.2 Å². The molecule has 212 valence electrons. The Balaban J connectivity index is 1.37. The number of aromatic nitrogens is 2. The molecule has 0 unspecified atom stereocenters. The lowest BCUT2D eigenvalue weighted by Crippen LogP contribution is -2.29. The summed E-state index contributed by atoms with van der Waals surface area (Å²) in [6, 6.07) is 22.1. The number of rotatable bonds is 12. The van der Waals surface area contributed by atoms with E-state index in [4.69, 9.17) is 20.8 Å². The Hall–Kier alpha value is -3.59. The van der Waals surface area contributed by atoms with Crippen molar-refractivity contribution < 1.29 is 13.5 Å². The van der Waals surface area contributed by atoms with Crippen LogP contribution in [0.5, 0.6) is 5.75 Å². The minimum atomic E-state index is -0.302. The quantitative estimate of drug-likeness (QED) is 0.156. The van der Waals surface area contributed by atoms with Gasteiger partial charge >= 0.3 is 0 Å². The number of anilines is 2. The van der Waals surface area contributed by atoms with Crippen molar-refractivity contribution in [3.8, 4) is 17.1 Å². The number of nitrogens with zero attached hydrogens (tertiary/aromatic N) is 3. The largest absolute Gasteiger partial charge is 0.487 e. The van der Waals surface area contributed by atoms with Crippen LogP contribution >= 0.6 is 23.4 Å². The molecule has 0 radical (unpaired) electrons. The van der Waals surface area contributed by atoms with Gasteiger partial charge in [0.2, 0.25) is 0 Å². The third kappa shape index (κ3) is 6.84. The van der Waals surface area contributed by atoms with Crippen molar-refractivity contribution in [3.05, 3.63) is 101 Å². The van der Waals surface area contributed by atoms with Gasteiger partial charge in [0.05, 0.1) is 16.6 Å². The average Bonchev–Trinajstić information content (AvgIpc) is 3.47. The molecule has 0 saturated carbocycles. The summed E-state index contributed by atoms with van der Waals surface area (Å²) in [6.45, 7) is 6.50. The zero-order valence-corrected chi connectivity index (χ0v) is 24.8. The van der Waals surface area contributed by atoms with Crippen molar-refractivity contribution in [1.29, 1.82) is 0 Å². The molecule has 0 amide bonds. The Labute approximate surface area is 248 Å². The zero-order valence-electron chi connectivity index (χ0n) is 23.2. The maximum absolute atomic E-state index is 13.5. The van der Waals surface area contributed by atoms with E-state index in [9.17, 15) is 4.39 Å². The molecule has 0 bridgehead atoms. The smallest absolute Gasteiger partial charge is 0.141 e. The number of hydrogen-bond donors (Lipinski definition) is 1. The van der Waals surface area contributed by atoms with E-state index in [-0.39, 0.29) is 18.5 Å². The van der Waals surface area contributed by atoms with Gasteiger partial charge in [0.25, 0.3) is 0 Å². The fourth-order valence-electron chi connectivity index (χ4n) is 4.81. The molecule has 1 N–H and O–H groups in total. The van der Waals surface area contributed by atoms with Crippen LogP contribution in [0.2, 0.25) is 5.02 Å². The van der Waals surface area contributed by atoms with Gasteiger partial charge in [-0.15, -0.1) is 0 Å². The van der Waals surface area contributed by atoms with Gasteiger partial charge in [-0.2, -0.15) is 11.8 Å². The molecule has 2 heterocycles. The first-order chi connectivity index (χ1) is 20.0. The van der Waals surface area contributed by atoms with E-state index in [1.165, 1.54) is 18.5 Å². The van der Waals surface area contributed by atoms with Crippen LogP contribution in [-0.4, -0.2) is 40.0 Å². The molecular formula is C32H32ClFN4O2S. The average molecular weight is 591 g/mol. The normalized spacial score (nSPS) is 12.1. The molecule has 0 aliphatic rings. The zero-order chi connectivity index (χ0) is 28.8. The van der Waals surface area contributed by atoms with Gasteiger partial charge in [0.1, 0.15) is 41.8 Å². The molecule has 2 aromatic heterocycles. The van der Waals surface area contributed by atoms with Gasteiger partial charge in [-0.25, -0.2) is 14.4 Å².